The average Bonchev–Trinajstić information content (AvgIpc) is 1.63. The number of aliphatic hydroxyl groups excluding tert-OH is 4. The third-order valence-corrected chi connectivity index (χ3v) is 34.6. The fourth-order valence-electron chi connectivity index (χ4n) is 15.5. The summed E-state index contributed by atoms with van der Waals surface area (Å²) in [6.45, 7) is 80.8. The molecule has 5 aromatic carbocycles. The first-order chi connectivity index (χ1) is 68.6. The van der Waals surface area contributed by atoms with Crippen molar-refractivity contribution in [1.82, 2.24) is 57.3 Å². The van der Waals surface area contributed by atoms with Crippen molar-refractivity contribution in [3.8, 4) is 6.07 Å². The summed E-state index contributed by atoms with van der Waals surface area (Å²) in [6, 6.07) is 44.5. The number of nitriles is 1. The van der Waals surface area contributed by atoms with Crippen molar-refractivity contribution in [3.05, 3.63) is 226 Å². The lowest BCUT2D eigenvalue weighted by molar-refractivity contribution is -0.386. The predicted molar refractivity (Wildman–Crippen MR) is 614 cm³/mol. The van der Waals surface area contributed by atoms with E-state index in [4.69, 9.17) is 64.1 Å². The van der Waals surface area contributed by atoms with Gasteiger partial charge in [-0.3, -0.25) is 29.8 Å². The van der Waals surface area contributed by atoms with Gasteiger partial charge in [-0.15, -0.1) is 0 Å². The van der Waals surface area contributed by atoms with Gasteiger partial charge in [-0.2, -0.15) is 5.26 Å². The number of H-pyrrole nitrogens is 1. The molecule has 0 spiro atoms. The van der Waals surface area contributed by atoms with Crippen molar-refractivity contribution in [3.63, 3.8) is 0 Å². The molecule has 0 saturated carbocycles. The van der Waals surface area contributed by atoms with Crippen LogP contribution >= 0.6 is 0 Å². The number of benzene rings is 5. The Labute approximate surface area is 875 Å². The summed E-state index contributed by atoms with van der Waals surface area (Å²) in [5, 5.41) is 62.8. The maximum Gasteiger partial charge on any atom is 0.334 e. The number of pyridine rings is 2. The number of ether oxygens (including phenoxy) is 5. The molecule has 0 aliphatic rings. The molecule has 0 aliphatic heterocycles. The highest BCUT2D eigenvalue weighted by molar-refractivity contribution is 6.77. The Kier molecular flexibility index (Phi) is 54.2. The van der Waals surface area contributed by atoms with Crippen molar-refractivity contribution < 1.29 is 54.0 Å². The van der Waals surface area contributed by atoms with Gasteiger partial charge in [-0.1, -0.05) is 277 Å². The Morgan fingerprint density at radius 2 is 0.623 bits per heavy atom. The molecule has 5 N–H and O–H groups in total. The van der Waals surface area contributed by atoms with Crippen molar-refractivity contribution in [1.29, 1.82) is 5.26 Å². The van der Waals surface area contributed by atoms with Gasteiger partial charge in [0, 0.05) is 144 Å². The average molecular weight is 2110 g/mol. The molecular weight excluding hydrogens is 1920 g/mol. The van der Waals surface area contributed by atoms with Gasteiger partial charge in [0.25, 0.3) is 0 Å². The molecule has 7 aromatic heterocycles. The zero-order chi connectivity index (χ0) is 110. The molecule has 0 bridgehead atoms. The predicted octanol–water partition coefficient (Wildman–Crippen LogP) is 25.8. The van der Waals surface area contributed by atoms with E-state index in [1.807, 2.05) is 47.2 Å². The molecule has 5 unspecified atom stereocenters. The van der Waals surface area contributed by atoms with Crippen LogP contribution in [0.15, 0.2) is 137 Å². The van der Waals surface area contributed by atoms with E-state index in [2.05, 4.69) is 287 Å². The van der Waals surface area contributed by atoms with Crippen LogP contribution in [0, 0.1) is 61.1 Å². The van der Waals surface area contributed by atoms with Crippen molar-refractivity contribution in [2.24, 2.45) is 29.6 Å². The quantitative estimate of drug-likeness (QED) is 0.0103. The van der Waals surface area contributed by atoms with Crippen molar-refractivity contribution >= 4 is 107 Å². The van der Waals surface area contributed by atoms with E-state index in [1.165, 1.54) is 81.7 Å². The number of hydrogen-bond donors (Lipinski definition) is 5. The molecule has 0 saturated heterocycles. The van der Waals surface area contributed by atoms with E-state index in [1.54, 1.807) is 12.3 Å². The second kappa shape index (κ2) is 61.5. The van der Waals surface area contributed by atoms with Crippen LogP contribution in [0.25, 0.3) is 55.2 Å². The lowest BCUT2D eigenvalue weighted by Gasteiger charge is -2.17. The molecule has 0 fully saturated rings. The van der Waals surface area contributed by atoms with Gasteiger partial charge < -0.3 is 76.5 Å². The molecule has 0 aliphatic carbocycles. The minimum atomic E-state index is -1.23. The second-order valence-electron chi connectivity index (χ2n) is 45.1. The minimum Gasteiger partial charge on any atom is -0.400 e. The normalized spacial score (nSPS) is 12.8. The lowest BCUT2D eigenvalue weighted by Crippen LogP contribution is -2.24. The van der Waals surface area contributed by atoms with E-state index >= 15 is 0 Å². The lowest BCUT2D eigenvalue weighted by atomic mass is 9.89. The SMILES string of the molecule is CC#N.CC(C)C(C)c1cccc2c1nc(CO)n2COCC[Si](C)(C)C.CC(C)C(C)c1cccc2c1nc(Cn1cccc([N+](=O)[O-])c1=O)n2COCC[Si](C)(C)C.CCc1nc2c(C(C)C(C)C)cccc2n1COCC[Si](C)(C)C.CCc1nc2c(C(C)C(C)C)cccc2n1COCC[Si](C)(C)C.CCc1nc2c(C(O)C(C)C)cccc2n1COCC[Si](C)(C)C.CO.CO.O=c1[nH]cccc1[N+](=O)[O-]. The van der Waals surface area contributed by atoms with E-state index in [-0.39, 0.29) is 19.1 Å². The van der Waals surface area contributed by atoms with Gasteiger partial charge in [0.1, 0.15) is 69.4 Å². The van der Waals surface area contributed by atoms with Crippen LogP contribution in [0.2, 0.25) is 128 Å². The maximum absolute atomic E-state index is 12.6. The number of aromatic amines is 1. The number of nitro groups is 2. The topological polar surface area (TPSA) is 381 Å². The fraction of sp³-hybridized carbons (Fsp3) is 0.586. The molecule has 0 amide bonds. The summed E-state index contributed by atoms with van der Waals surface area (Å²) < 4.78 is 41.9. The molecule has 12 aromatic rings. The van der Waals surface area contributed by atoms with E-state index < -0.39 is 78.8 Å². The zero-order valence-electron chi connectivity index (χ0n) is 95.1. The molecule has 5 atom stereocenters. The molecule has 810 valence electrons. The number of aryl methyl sites for hydroxylation is 3. The summed E-state index contributed by atoms with van der Waals surface area (Å²) >= 11 is 0. The number of hydrogen-bond acceptors (Lipinski definition) is 21. The highest BCUT2D eigenvalue weighted by Crippen LogP contribution is 2.37. The van der Waals surface area contributed by atoms with Gasteiger partial charge in [0.15, 0.2) is 0 Å². The zero-order valence-corrected chi connectivity index (χ0v) is 100. The van der Waals surface area contributed by atoms with Crippen LogP contribution in [0.1, 0.15) is 211 Å². The van der Waals surface area contributed by atoms with E-state index in [0.29, 0.717) is 99.3 Å². The first kappa shape index (κ1) is 129. The number of nitrogens with zero attached hydrogens (tertiary/aromatic N) is 14. The Balaban J connectivity index is 0.000000367. The molecule has 0 radical (unpaired) electrons. The number of nitrogens with one attached hydrogen (secondary N) is 1. The van der Waals surface area contributed by atoms with Crippen LogP contribution in [-0.4, -0.2) is 175 Å². The van der Waals surface area contributed by atoms with E-state index in [9.17, 15) is 40.0 Å². The standard InChI is InChI=1S/C24H34N4O4Si.2C20H34N2OSi.2C19H32N2O2Si.C5H4N2O3.C2H3N.2CH4O/c1-17(2)18(3)19-9-7-10-20-23(19)25-22(27(20)16-32-13-14-33(4,5)6)15-26-12-8-11-21(24(26)29)28(30)31;2*1-8-19-21-20-17(16(4)15(2)3)10-9-11-18(20)22(19)14-23-12-13-24(5,6)7;1-14(2)15(3)16-8-7-9-17-19(16)20-18(12-22)21(17)13-23-10-11-24(4,5)6;1-7-17-20-18-15(19(22)14(2)3)9-8-10-16(18)21(17)13-23-11-12-24(4,5)6;8-5-4(7(9)10)2-1-3-6-5;1-2-3;2*1-2/h7-12,17-18H,13-16H2,1-6H3;2*9-11,15-16H,8,12-14H2,1-7H3;7-9,14-15,22H,10-13H2,1-6H3;8-10,14,19,22H,7,11-13H2,1-6H3;1-3H,(H,6,8);1H3;2*2H,1H3. The van der Waals surface area contributed by atoms with Gasteiger partial charge in [0.05, 0.1) is 83.7 Å². The number of aliphatic hydroxyl groups is 4. The smallest absolute Gasteiger partial charge is 0.334 e. The van der Waals surface area contributed by atoms with Gasteiger partial charge in [0.2, 0.25) is 0 Å². The molecular formula is C111H181N15O15Si5. The third-order valence-electron chi connectivity index (χ3n) is 26.0. The Morgan fingerprint density at radius 1 is 0.377 bits per heavy atom. The Bertz CT molecular complexity index is 5660. The van der Waals surface area contributed by atoms with E-state index in [0.717, 1.165) is 151 Å². The third kappa shape index (κ3) is 39.7. The highest BCUT2D eigenvalue weighted by atomic mass is 28.3. The van der Waals surface area contributed by atoms with Gasteiger partial charge in [-0.05, 0) is 148 Å². The Morgan fingerprint density at radius 3 is 0.863 bits per heavy atom. The molecule has 30 nitrogen and oxygen atoms in total. The number of rotatable bonds is 43. The fourth-order valence-corrected chi connectivity index (χ4v) is 19.3. The summed E-state index contributed by atoms with van der Waals surface area (Å²) in [5.41, 5.74) is 14.4. The number of imidazole rings is 5. The van der Waals surface area contributed by atoms with Gasteiger partial charge >= 0.3 is 22.5 Å². The molecule has 146 heavy (non-hydrogen) atoms. The van der Waals surface area contributed by atoms with Crippen LogP contribution in [0.4, 0.5) is 11.4 Å². The first-order valence-electron chi connectivity index (χ1n) is 52.0. The summed E-state index contributed by atoms with van der Waals surface area (Å²) in [4.78, 5) is 69.6. The first-order valence-corrected chi connectivity index (χ1v) is 70.6. The second-order valence-corrected chi connectivity index (χ2v) is 73.2. The molecule has 12 rings (SSSR count). The van der Waals surface area contributed by atoms with Crippen molar-refractivity contribution in [2.75, 3.05) is 47.3 Å². The van der Waals surface area contributed by atoms with Crippen molar-refractivity contribution in [2.45, 2.75) is 349 Å². The van der Waals surface area contributed by atoms with Gasteiger partial charge in [-0.25, -0.2) is 24.9 Å². The largest absolute Gasteiger partial charge is 0.400 e. The monoisotopic (exact) mass is 2100 g/mol. The minimum absolute atomic E-state index is 0.0679. The number of fused-ring (bicyclic) bond motifs is 5. The summed E-state index contributed by atoms with van der Waals surface area (Å²) in [5.74, 6) is 8.72. The molecule has 7 heterocycles. The Hall–Kier alpha value is -9.64. The van der Waals surface area contributed by atoms with Crippen LogP contribution in [0.3, 0.4) is 0 Å². The van der Waals surface area contributed by atoms with Crippen LogP contribution in [-0.2, 0) is 89.8 Å². The summed E-state index contributed by atoms with van der Waals surface area (Å²) in [6.07, 6.45) is 5.12. The van der Waals surface area contributed by atoms with Crippen LogP contribution < -0.4 is 11.1 Å². The summed E-state index contributed by atoms with van der Waals surface area (Å²) in [7, 11) is -3.48. The van der Waals surface area contributed by atoms with Crippen LogP contribution in [0.5, 0.6) is 0 Å². The maximum atomic E-state index is 12.6. The number of para-hydroxylation sites is 5. The molecule has 35 heteroatoms. The highest BCUT2D eigenvalue weighted by Gasteiger charge is 2.28. The number of aromatic nitrogens is 12.